The van der Waals surface area contributed by atoms with Crippen molar-refractivity contribution in [2.75, 3.05) is 31.1 Å². The fourth-order valence-corrected chi connectivity index (χ4v) is 2.32. The van der Waals surface area contributed by atoms with E-state index in [0.717, 1.165) is 17.2 Å². The molecule has 0 radical (unpaired) electrons. The Morgan fingerprint density at radius 3 is 2.76 bits per heavy atom. The van der Waals surface area contributed by atoms with E-state index in [1.54, 1.807) is 24.9 Å². The van der Waals surface area contributed by atoms with Crippen molar-refractivity contribution in [1.29, 1.82) is 5.26 Å². The lowest BCUT2D eigenvalue weighted by Gasteiger charge is -2.27. The van der Waals surface area contributed by atoms with Crippen molar-refractivity contribution >= 4 is 17.4 Å². The zero-order valence-corrected chi connectivity index (χ0v) is 11.5. The summed E-state index contributed by atoms with van der Waals surface area (Å²) in [6.07, 6.45) is 2.08. The molecule has 0 aliphatic heterocycles. The second kappa shape index (κ2) is 6.41. The van der Waals surface area contributed by atoms with E-state index in [2.05, 4.69) is 24.1 Å². The molecule has 0 N–H and O–H groups in total. The third-order valence-electron chi connectivity index (χ3n) is 2.77. The van der Waals surface area contributed by atoms with Crippen LogP contribution in [0.15, 0.2) is 18.2 Å². The molecule has 1 atom stereocenters. The van der Waals surface area contributed by atoms with Gasteiger partial charge >= 0.3 is 0 Å². The number of nitriles is 1. The van der Waals surface area contributed by atoms with Gasteiger partial charge in [0.25, 0.3) is 0 Å². The van der Waals surface area contributed by atoms with Crippen LogP contribution in [0.25, 0.3) is 0 Å². The number of hydrogen-bond donors (Lipinski definition) is 0. The third-order valence-corrected chi connectivity index (χ3v) is 3.59. The molecule has 0 saturated heterocycles. The summed E-state index contributed by atoms with van der Waals surface area (Å²) in [6.45, 7) is 2.15. The first-order valence-electron chi connectivity index (χ1n) is 5.44. The summed E-state index contributed by atoms with van der Waals surface area (Å²) < 4.78 is 5.20. The standard InChI is InChI=1S/C13H18N2OS/c1-10(9-17-4)15(2)13-7-12(16-3)6-5-11(13)8-14/h5-7,10H,9H2,1-4H3. The van der Waals surface area contributed by atoms with Gasteiger partial charge < -0.3 is 9.64 Å². The van der Waals surface area contributed by atoms with Crippen molar-refractivity contribution in [3.8, 4) is 11.8 Å². The van der Waals surface area contributed by atoms with E-state index < -0.39 is 0 Å². The van der Waals surface area contributed by atoms with Gasteiger partial charge in [-0.1, -0.05) is 0 Å². The maximum Gasteiger partial charge on any atom is 0.121 e. The van der Waals surface area contributed by atoms with Crippen molar-refractivity contribution < 1.29 is 4.74 Å². The molecule has 0 aliphatic carbocycles. The van der Waals surface area contributed by atoms with Gasteiger partial charge in [-0.25, -0.2) is 0 Å². The minimum Gasteiger partial charge on any atom is -0.497 e. The van der Waals surface area contributed by atoms with Gasteiger partial charge in [-0.2, -0.15) is 17.0 Å². The smallest absolute Gasteiger partial charge is 0.121 e. The van der Waals surface area contributed by atoms with Crippen LogP contribution in [-0.2, 0) is 0 Å². The van der Waals surface area contributed by atoms with Gasteiger partial charge in [0.1, 0.15) is 11.8 Å². The summed E-state index contributed by atoms with van der Waals surface area (Å²) in [6, 6.07) is 8.13. The highest BCUT2D eigenvalue weighted by molar-refractivity contribution is 7.98. The minimum absolute atomic E-state index is 0.379. The Balaban J connectivity index is 3.05. The molecular weight excluding hydrogens is 232 g/mol. The summed E-state index contributed by atoms with van der Waals surface area (Å²) in [4.78, 5) is 2.12. The van der Waals surface area contributed by atoms with Gasteiger partial charge in [0.2, 0.25) is 0 Å². The average Bonchev–Trinajstić information content (AvgIpc) is 2.37. The molecule has 3 nitrogen and oxygen atoms in total. The number of ether oxygens (including phenoxy) is 1. The normalized spacial score (nSPS) is 11.7. The Kier molecular flexibility index (Phi) is 5.17. The molecule has 1 unspecified atom stereocenters. The summed E-state index contributed by atoms with van der Waals surface area (Å²) in [7, 11) is 3.65. The van der Waals surface area contributed by atoms with Crippen LogP contribution >= 0.6 is 11.8 Å². The quantitative estimate of drug-likeness (QED) is 0.805. The summed E-state index contributed by atoms with van der Waals surface area (Å²) in [5, 5.41) is 9.12. The lowest BCUT2D eigenvalue weighted by Crippen LogP contribution is -2.31. The first kappa shape index (κ1) is 13.7. The van der Waals surface area contributed by atoms with Crippen molar-refractivity contribution in [2.24, 2.45) is 0 Å². The first-order valence-corrected chi connectivity index (χ1v) is 6.83. The molecule has 4 heteroatoms. The Bertz CT molecular complexity index is 414. The van der Waals surface area contributed by atoms with Crippen LogP contribution < -0.4 is 9.64 Å². The average molecular weight is 250 g/mol. The second-order valence-electron chi connectivity index (χ2n) is 3.91. The highest BCUT2D eigenvalue weighted by Gasteiger charge is 2.14. The van der Waals surface area contributed by atoms with Gasteiger partial charge in [-0.15, -0.1) is 0 Å². The zero-order valence-electron chi connectivity index (χ0n) is 10.7. The molecule has 0 aliphatic rings. The van der Waals surface area contributed by atoms with E-state index in [4.69, 9.17) is 10.00 Å². The second-order valence-corrected chi connectivity index (χ2v) is 4.82. The zero-order chi connectivity index (χ0) is 12.8. The minimum atomic E-state index is 0.379. The Hall–Kier alpha value is -1.34. The van der Waals surface area contributed by atoms with Gasteiger partial charge in [-0.05, 0) is 25.3 Å². The number of anilines is 1. The highest BCUT2D eigenvalue weighted by Crippen LogP contribution is 2.26. The van der Waals surface area contributed by atoms with Crippen molar-refractivity contribution in [3.05, 3.63) is 23.8 Å². The lowest BCUT2D eigenvalue weighted by molar-refractivity contribution is 0.414. The van der Waals surface area contributed by atoms with Crippen LogP contribution in [-0.4, -0.2) is 32.2 Å². The molecule has 0 saturated carbocycles. The van der Waals surface area contributed by atoms with Crippen molar-refractivity contribution in [3.63, 3.8) is 0 Å². The molecule has 0 bridgehead atoms. The molecule has 92 valence electrons. The Morgan fingerprint density at radius 2 is 2.24 bits per heavy atom. The molecule has 0 aromatic heterocycles. The Labute approximate surface area is 107 Å². The van der Waals surface area contributed by atoms with E-state index in [0.29, 0.717) is 11.6 Å². The summed E-state index contributed by atoms with van der Waals surface area (Å²) in [5.41, 5.74) is 1.61. The highest BCUT2D eigenvalue weighted by atomic mass is 32.2. The van der Waals surface area contributed by atoms with E-state index in [1.165, 1.54) is 0 Å². The van der Waals surface area contributed by atoms with Crippen molar-refractivity contribution in [1.82, 2.24) is 0 Å². The molecular formula is C13H18N2OS. The molecule has 0 amide bonds. The molecule has 1 rings (SSSR count). The molecule has 0 spiro atoms. The fourth-order valence-electron chi connectivity index (χ4n) is 1.62. The third kappa shape index (κ3) is 3.31. The molecule has 1 aromatic carbocycles. The number of benzene rings is 1. The number of thioether (sulfide) groups is 1. The fraction of sp³-hybridized carbons (Fsp3) is 0.462. The number of methoxy groups -OCH3 is 1. The first-order chi connectivity index (χ1) is 8.13. The number of rotatable bonds is 5. The molecule has 1 aromatic rings. The van der Waals surface area contributed by atoms with E-state index in [-0.39, 0.29) is 0 Å². The Morgan fingerprint density at radius 1 is 1.53 bits per heavy atom. The van der Waals surface area contributed by atoms with Gasteiger partial charge in [0.05, 0.1) is 18.4 Å². The monoisotopic (exact) mass is 250 g/mol. The van der Waals surface area contributed by atoms with E-state index in [1.807, 2.05) is 19.2 Å². The van der Waals surface area contributed by atoms with Gasteiger partial charge in [-0.3, -0.25) is 0 Å². The number of hydrogen-bond acceptors (Lipinski definition) is 4. The predicted octanol–water partition coefficient (Wildman–Crippen LogP) is 2.75. The lowest BCUT2D eigenvalue weighted by atomic mass is 10.1. The largest absolute Gasteiger partial charge is 0.497 e. The van der Waals surface area contributed by atoms with E-state index >= 15 is 0 Å². The van der Waals surface area contributed by atoms with Crippen LogP contribution in [0.3, 0.4) is 0 Å². The predicted molar refractivity (Wildman–Crippen MR) is 74.0 cm³/mol. The van der Waals surface area contributed by atoms with Crippen LogP contribution in [0.2, 0.25) is 0 Å². The molecule has 17 heavy (non-hydrogen) atoms. The number of nitrogens with zero attached hydrogens (tertiary/aromatic N) is 2. The van der Waals surface area contributed by atoms with E-state index in [9.17, 15) is 0 Å². The SMILES string of the molecule is COc1ccc(C#N)c(N(C)C(C)CSC)c1. The maximum atomic E-state index is 9.12. The van der Waals surface area contributed by atoms with Crippen LogP contribution in [0.1, 0.15) is 12.5 Å². The van der Waals surface area contributed by atoms with Gasteiger partial charge in [0, 0.05) is 24.9 Å². The topological polar surface area (TPSA) is 36.3 Å². The van der Waals surface area contributed by atoms with Crippen molar-refractivity contribution in [2.45, 2.75) is 13.0 Å². The molecule has 0 fully saturated rings. The summed E-state index contributed by atoms with van der Waals surface area (Å²) in [5.74, 6) is 1.81. The van der Waals surface area contributed by atoms with Crippen LogP contribution in [0, 0.1) is 11.3 Å². The molecule has 0 heterocycles. The maximum absolute atomic E-state index is 9.12. The van der Waals surface area contributed by atoms with Gasteiger partial charge in [0.15, 0.2) is 0 Å². The van der Waals surface area contributed by atoms with Crippen LogP contribution in [0.4, 0.5) is 5.69 Å². The summed E-state index contributed by atoms with van der Waals surface area (Å²) >= 11 is 1.80. The van der Waals surface area contributed by atoms with Crippen LogP contribution in [0.5, 0.6) is 5.75 Å².